The first-order valence-corrected chi connectivity index (χ1v) is 6.48. The van der Waals surface area contributed by atoms with E-state index in [9.17, 15) is 5.11 Å². The van der Waals surface area contributed by atoms with Crippen molar-refractivity contribution in [1.29, 1.82) is 0 Å². The normalized spacial score (nSPS) is 30.0. The van der Waals surface area contributed by atoms with E-state index in [0.29, 0.717) is 0 Å². The maximum absolute atomic E-state index is 9.35. The average Bonchev–Trinajstić information content (AvgIpc) is 2.29. The van der Waals surface area contributed by atoms with Crippen LogP contribution in [0.5, 0.6) is 0 Å². The predicted molar refractivity (Wildman–Crippen MR) is 63.5 cm³/mol. The summed E-state index contributed by atoms with van der Waals surface area (Å²) in [6, 6.07) is 0. The van der Waals surface area contributed by atoms with E-state index in [4.69, 9.17) is 4.74 Å². The first-order valence-electron chi connectivity index (χ1n) is 6.48. The van der Waals surface area contributed by atoms with Gasteiger partial charge in [0.1, 0.15) is 0 Å². The number of morpholine rings is 1. The number of hydrogen-bond donors (Lipinski definition) is 2. The summed E-state index contributed by atoms with van der Waals surface area (Å²) in [7, 11) is 0. The van der Waals surface area contributed by atoms with E-state index in [0.717, 1.165) is 45.6 Å². The van der Waals surface area contributed by atoms with Gasteiger partial charge in [-0.1, -0.05) is 6.92 Å². The van der Waals surface area contributed by atoms with Crippen molar-refractivity contribution < 1.29 is 9.84 Å². The zero-order valence-electron chi connectivity index (χ0n) is 10.2. The highest BCUT2D eigenvalue weighted by molar-refractivity contribution is 4.96. The van der Waals surface area contributed by atoms with Gasteiger partial charge in [-0.15, -0.1) is 0 Å². The van der Waals surface area contributed by atoms with Crippen LogP contribution in [0.3, 0.4) is 0 Å². The van der Waals surface area contributed by atoms with Gasteiger partial charge in [-0.25, -0.2) is 0 Å². The average molecular weight is 228 g/mol. The zero-order valence-corrected chi connectivity index (χ0v) is 10.2. The highest BCUT2D eigenvalue weighted by atomic mass is 16.5. The smallest absolute Gasteiger partial charge is 0.0826 e. The molecule has 2 N–H and O–H groups in total. The van der Waals surface area contributed by atoms with Crippen LogP contribution in [0.15, 0.2) is 0 Å². The molecule has 0 aromatic heterocycles. The van der Waals surface area contributed by atoms with Crippen molar-refractivity contribution in [3.05, 3.63) is 0 Å². The fourth-order valence-electron chi connectivity index (χ4n) is 2.52. The lowest BCUT2D eigenvalue weighted by atomic mass is 9.77. The monoisotopic (exact) mass is 228 g/mol. The standard InChI is InChI=1S/C12H24N2O2/c1-2-14-6-7-16-11(9-14)8-13-12(10-15)4-3-5-12/h11,13,15H,2-10H2,1H3. The van der Waals surface area contributed by atoms with E-state index < -0.39 is 0 Å². The van der Waals surface area contributed by atoms with Crippen LogP contribution in [0, 0.1) is 0 Å². The Kier molecular flexibility index (Phi) is 4.19. The zero-order chi connectivity index (χ0) is 11.4. The Labute approximate surface area is 98.0 Å². The Balaban J connectivity index is 1.72. The van der Waals surface area contributed by atoms with E-state index in [-0.39, 0.29) is 18.2 Å². The highest BCUT2D eigenvalue weighted by Crippen LogP contribution is 2.31. The van der Waals surface area contributed by atoms with Gasteiger partial charge in [-0.2, -0.15) is 0 Å². The molecular weight excluding hydrogens is 204 g/mol. The van der Waals surface area contributed by atoms with Crippen molar-refractivity contribution in [2.24, 2.45) is 0 Å². The molecular formula is C12H24N2O2. The molecule has 0 amide bonds. The topological polar surface area (TPSA) is 44.7 Å². The number of rotatable bonds is 5. The molecule has 2 aliphatic rings. The van der Waals surface area contributed by atoms with Gasteiger partial charge in [0.25, 0.3) is 0 Å². The number of likely N-dealkylation sites (N-methyl/N-ethyl adjacent to an activating group) is 1. The predicted octanol–water partition coefficient (Wildman–Crippen LogP) is 0.212. The van der Waals surface area contributed by atoms with Crippen LogP contribution in [0.2, 0.25) is 0 Å². The van der Waals surface area contributed by atoms with Crippen molar-refractivity contribution in [2.75, 3.05) is 39.4 Å². The minimum atomic E-state index is 0.0118. The van der Waals surface area contributed by atoms with Crippen molar-refractivity contribution in [1.82, 2.24) is 10.2 Å². The number of nitrogens with zero attached hydrogens (tertiary/aromatic N) is 1. The largest absolute Gasteiger partial charge is 0.394 e. The molecule has 4 heteroatoms. The van der Waals surface area contributed by atoms with Crippen LogP contribution in [-0.2, 0) is 4.74 Å². The molecule has 2 fully saturated rings. The van der Waals surface area contributed by atoms with Crippen molar-refractivity contribution in [2.45, 2.75) is 37.8 Å². The summed E-state index contributed by atoms with van der Waals surface area (Å²) < 4.78 is 5.73. The first kappa shape index (κ1) is 12.3. The molecule has 94 valence electrons. The second-order valence-corrected chi connectivity index (χ2v) is 5.06. The van der Waals surface area contributed by atoms with Crippen LogP contribution in [0.4, 0.5) is 0 Å². The number of ether oxygens (including phenoxy) is 1. The van der Waals surface area contributed by atoms with Crippen molar-refractivity contribution in [3.63, 3.8) is 0 Å². The molecule has 1 aliphatic heterocycles. The van der Waals surface area contributed by atoms with Gasteiger partial charge in [0.05, 0.1) is 19.3 Å². The summed E-state index contributed by atoms with van der Waals surface area (Å²) >= 11 is 0. The van der Waals surface area contributed by atoms with Gasteiger partial charge in [-0.3, -0.25) is 4.90 Å². The van der Waals surface area contributed by atoms with Gasteiger partial charge >= 0.3 is 0 Å². The van der Waals surface area contributed by atoms with Crippen molar-refractivity contribution >= 4 is 0 Å². The molecule has 16 heavy (non-hydrogen) atoms. The van der Waals surface area contributed by atoms with Crippen LogP contribution < -0.4 is 5.32 Å². The lowest BCUT2D eigenvalue weighted by molar-refractivity contribution is -0.0345. The second-order valence-electron chi connectivity index (χ2n) is 5.06. The van der Waals surface area contributed by atoms with Gasteiger partial charge < -0.3 is 15.2 Å². The Morgan fingerprint density at radius 2 is 2.31 bits per heavy atom. The summed E-state index contributed by atoms with van der Waals surface area (Å²) in [5.74, 6) is 0. The third-order valence-corrected chi connectivity index (χ3v) is 3.99. The minimum absolute atomic E-state index is 0.0118. The number of aliphatic hydroxyl groups is 1. The lowest BCUT2D eigenvalue weighted by Gasteiger charge is -2.43. The molecule has 1 heterocycles. The van der Waals surface area contributed by atoms with E-state index >= 15 is 0 Å². The van der Waals surface area contributed by atoms with E-state index in [1.165, 1.54) is 6.42 Å². The fraction of sp³-hybridized carbons (Fsp3) is 1.00. The molecule has 0 radical (unpaired) electrons. The summed E-state index contributed by atoms with van der Waals surface area (Å²) in [4.78, 5) is 2.42. The molecule has 2 rings (SSSR count). The molecule has 0 aromatic rings. The molecule has 0 spiro atoms. The highest BCUT2D eigenvalue weighted by Gasteiger charge is 2.36. The second kappa shape index (κ2) is 5.45. The van der Waals surface area contributed by atoms with Gasteiger partial charge in [0.15, 0.2) is 0 Å². The van der Waals surface area contributed by atoms with E-state index in [1.807, 2.05) is 0 Å². The Morgan fingerprint density at radius 1 is 1.50 bits per heavy atom. The van der Waals surface area contributed by atoms with Gasteiger partial charge in [0, 0.05) is 25.2 Å². The lowest BCUT2D eigenvalue weighted by Crippen LogP contribution is -2.57. The first-order chi connectivity index (χ1) is 7.78. The minimum Gasteiger partial charge on any atom is -0.394 e. The van der Waals surface area contributed by atoms with Crippen LogP contribution >= 0.6 is 0 Å². The number of nitrogens with one attached hydrogen (secondary N) is 1. The molecule has 1 atom stereocenters. The Bertz CT molecular complexity index is 214. The molecule has 1 unspecified atom stereocenters. The Hall–Kier alpha value is -0.160. The number of aliphatic hydroxyl groups excluding tert-OH is 1. The maximum atomic E-state index is 9.35. The van der Waals surface area contributed by atoms with E-state index in [1.54, 1.807) is 0 Å². The van der Waals surface area contributed by atoms with Gasteiger partial charge in [0.2, 0.25) is 0 Å². The maximum Gasteiger partial charge on any atom is 0.0826 e. The fourth-order valence-corrected chi connectivity index (χ4v) is 2.52. The molecule has 1 saturated carbocycles. The van der Waals surface area contributed by atoms with Crippen molar-refractivity contribution in [3.8, 4) is 0 Å². The van der Waals surface area contributed by atoms with Crippen LogP contribution in [-0.4, -0.2) is 61.0 Å². The third-order valence-electron chi connectivity index (χ3n) is 3.99. The molecule has 1 saturated heterocycles. The third kappa shape index (κ3) is 2.74. The molecule has 4 nitrogen and oxygen atoms in total. The van der Waals surface area contributed by atoms with Crippen LogP contribution in [0.1, 0.15) is 26.2 Å². The summed E-state index contributed by atoms with van der Waals surface area (Å²) in [5, 5.41) is 12.8. The number of hydrogen-bond acceptors (Lipinski definition) is 4. The summed E-state index contributed by atoms with van der Waals surface area (Å²) in [6.07, 6.45) is 3.74. The molecule has 0 bridgehead atoms. The van der Waals surface area contributed by atoms with E-state index in [2.05, 4.69) is 17.1 Å². The summed E-state index contributed by atoms with van der Waals surface area (Å²) in [5.41, 5.74) is 0.0118. The Morgan fingerprint density at radius 3 is 2.88 bits per heavy atom. The SMILES string of the molecule is CCN1CCOC(CNC2(CO)CCC2)C1. The quantitative estimate of drug-likeness (QED) is 0.706. The van der Waals surface area contributed by atoms with Gasteiger partial charge in [-0.05, 0) is 25.8 Å². The summed E-state index contributed by atoms with van der Waals surface area (Å²) in [6.45, 7) is 7.34. The van der Waals surface area contributed by atoms with Crippen LogP contribution in [0.25, 0.3) is 0 Å². The molecule has 0 aromatic carbocycles. The molecule has 1 aliphatic carbocycles.